The molecule has 27 heavy (non-hydrogen) atoms. The Morgan fingerprint density at radius 2 is 2.00 bits per heavy atom. The van der Waals surface area contributed by atoms with Gasteiger partial charge in [0.05, 0.1) is 19.4 Å². The monoisotopic (exact) mass is 373 g/mol. The lowest BCUT2D eigenvalue weighted by atomic mass is 9.92. The fourth-order valence-electron chi connectivity index (χ4n) is 4.88. The minimum absolute atomic E-state index is 0.0225. The van der Waals surface area contributed by atoms with Crippen LogP contribution in [0.3, 0.4) is 0 Å². The second-order valence-electron chi connectivity index (χ2n) is 8.74. The van der Waals surface area contributed by atoms with Crippen LogP contribution in [0.15, 0.2) is 18.6 Å². The Kier molecular flexibility index (Phi) is 5.43. The summed E-state index contributed by atoms with van der Waals surface area (Å²) in [5.41, 5.74) is 0.576. The molecule has 0 aliphatic carbocycles. The first kappa shape index (κ1) is 18.8. The molecule has 2 bridgehead atoms. The van der Waals surface area contributed by atoms with Gasteiger partial charge in [-0.1, -0.05) is 0 Å². The van der Waals surface area contributed by atoms with E-state index in [1.807, 2.05) is 4.90 Å². The average molecular weight is 374 g/mol. The number of fused-ring (bicyclic) bond motifs is 4. The zero-order valence-electron chi connectivity index (χ0n) is 16.5. The summed E-state index contributed by atoms with van der Waals surface area (Å²) in [5, 5.41) is 0. The molecule has 148 valence electrons. The summed E-state index contributed by atoms with van der Waals surface area (Å²) in [7, 11) is 0. The van der Waals surface area contributed by atoms with Gasteiger partial charge in [-0.2, -0.15) is 0 Å². The van der Waals surface area contributed by atoms with Crippen LogP contribution in [0.5, 0.6) is 0 Å². The number of rotatable bonds is 4. The highest BCUT2D eigenvalue weighted by Gasteiger charge is 2.40. The molecule has 5 heterocycles. The third-order valence-corrected chi connectivity index (χ3v) is 6.35. The second kappa shape index (κ2) is 7.81. The lowest BCUT2D eigenvalue weighted by molar-refractivity contribution is -0.0309. The normalized spacial score (nSPS) is 27.6. The molecule has 1 amide bonds. The Morgan fingerprint density at radius 1 is 1.19 bits per heavy atom. The van der Waals surface area contributed by atoms with E-state index >= 15 is 0 Å². The fraction of sp³-hybridized carbons (Fsp3) is 0.750. The van der Waals surface area contributed by atoms with Crippen molar-refractivity contribution in [1.29, 1.82) is 0 Å². The number of carbonyl (C=O) groups is 1. The van der Waals surface area contributed by atoms with E-state index in [0.29, 0.717) is 17.7 Å². The molecule has 7 heteroatoms. The third-order valence-electron chi connectivity index (χ3n) is 6.35. The quantitative estimate of drug-likeness (QED) is 0.788. The van der Waals surface area contributed by atoms with Crippen LogP contribution >= 0.6 is 0 Å². The summed E-state index contributed by atoms with van der Waals surface area (Å²) in [4.78, 5) is 28.4. The summed E-state index contributed by atoms with van der Waals surface area (Å²) in [6, 6.07) is 0.435. The first-order valence-corrected chi connectivity index (χ1v) is 10.1. The molecule has 0 aromatic carbocycles. The Morgan fingerprint density at radius 3 is 2.74 bits per heavy atom. The van der Waals surface area contributed by atoms with Gasteiger partial charge in [-0.25, -0.2) is 4.98 Å². The first-order valence-electron chi connectivity index (χ1n) is 10.1. The standard InChI is InChI=1S/C20H31N5O2/c1-20(2,25-7-9-27-10-8-25)15-24-13-16-3-4-17(24)14-23(12-16)19(26)18-11-21-5-6-22-18/h5-6,11,16-17H,3-4,7-10,12-15H2,1-2H3. The molecule has 0 saturated carbocycles. The molecule has 1 aromatic heterocycles. The molecule has 4 aliphatic rings. The SMILES string of the molecule is CC(C)(CN1CC2CCC1CN(C(=O)c1cnccn1)C2)N1CCOCC1. The van der Waals surface area contributed by atoms with Crippen molar-refractivity contribution in [3.8, 4) is 0 Å². The molecule has 4 fully saturated rings. The van der Waals surface area contributed by atoms with Gasteiger partial charge in [0.25, 0.3) is 5.91 Å². The molecule has 5 rings (SSSR count). The van der Waals surface area contributed by atoms with E-state index in [1.54, 1.807) is 18.6 Å². The zero-order valence-corrected chi connectivity index (χ0v) is 16.5. The number of piperidine rings is 1. The molecule has 0 radical (unpaired) electrons. The molecule has 1 aromatic rings. The van der Waals surface area contributed by atoms with Crippen LogP contribution in [0.25, 0.3) is 0 Å². The maximum Gasteiger partial charge on any atom is 0.274 e. The minimum atomic E-state index is 0.0225. The molecule has 2 unspecified atom stereocenters. The maximum atomic E-state index is 12.9. The zero-order chi connectivity index (χ0) is 18.9. The molecule has 4 saturated heterocycles. The van der Waals surface area contributed by atoms with Gasteiger partial charge in [0.1, 0.15) is 5.69 Å². The van der Waals surface area contributed by atoms with Gasteiger partial charge in [-0.3, -0.25) is 19.6 Å². The van der Waals surface area contributed by atoms with Gasteiger partial charge in [0, 0.05) is 63.2 Å². The topological polar surface area (TPSA) is 61.8 Å². The number of hydrogen-bond acceptors (Lipinski definition) is 6. The van der Waals surface area contributed by atoms with Crippen LogP contribution < -0.4 is 0 Å². The third kappa shape index (κ3) is 4.15. The fourth-order valence-corrected chi connectivity index (χ4v) is 4.88. The summed E-state index contributed by atoms with van der Waals surface area (Å²) < 4.78 is 5.53. The summed E-state index contributed by atoms with van der Waals surface area (Å²) in [6.07, 6.45) is 7.17. The molecule has 0 spiro atoms. The van der Waals surface area contributed by atoms with Gasteiger partial charge < -0.3 is 9.64 Å². The predicted octanol–water partition coefficient (Wildman–Crippen LogP) is 1.12. The van der Waals surface area contributed by atoms with Crippen LogP contribution in [-0.2, 0) is 4.74 Å². The van der Waals surface area contributed by atoms with Crippen LogP contribution in [0.4, 0.5) is 0 Å². The lowest BCUT2D eigenvalue weighted by Crippen LogP contribution is -2.58. The van der Waals surface area contributed by atoms with Crippen molar-refractivity contribution < 1.29 is 9.53 Å². The molecule has 0 N–H and O–H groups in total. The van der Waals surface area contributed by atoms with Gasteiger partial charge in [-0.15, -0.1) is 0 Å². The van der Waals surface area contributed by atoms with Gasteiger partial charge in [-0.05, 0) is 32.6 Å². The van der Waals surface area contributed by atoms with Crippen molar-refractivity contribution in [1.82, 2.24) is 24.7 Å². The van der Waals surface area contributed by atoms with Crippen molar-refractivity contribution in [3.05, 3.63) is 24.3 Å². The van der Waals surface area contributed by atoms with E-state index in [-0.39, 0.29) is 11.4 Å². The van der Waals surface area contributed by atoms with Crippen molar-refractivity contribution in [2.24, 2.45) is 5.92 Å². The molecule has 7 nitrogen and oxygen atoms in total. The smallest absolute Gasteiger partial charge is 0.274 e. The van der Waals surface area contributed by atoms with Crippen LogP contribution in [0.2, 0.25) is 0 Å². The second-order valence-corrected chi connectivity index (χ2v) is 8.74. The van der Waals surface area contributed by atoms with Crippen LogP contribution in [0.1, 0.15) is 37.2 Å². The van der Waals surface area contributed by atoms with Gasteiger partial charge in [0.2, 0.25) is 0 Å². The molecular weight excluding hydrogens is 342 g/mol. The Hall–Kier alpha value is -1.57. The average Bonchev–Trinajstić information content (AvgIpc) is 3.00. The van der Waals surface area contributed by atoms with Crippen LogP contribution in [-0.4, -0.2) is 94.6 Å². The summed E-state index contributed by atoms with van der Waals surface area (Å²) in [6.45, 7) is 12.1. The Bertz CT molecular complexity index is 647. The number of carbonyl (C=O) groups excluding carboxylic acids is 1. The predicted molar refractivity (Wildman–Crippen MR) is 102 cm³/mol. The molecule has 2 atom stereocenters. The van der Waals surface area contributed by atoms with Crippen molar-refractivity contribution >= 4 is 5.91 Å². The number of nitrogens with zero attached hydrogens (tertiary/aromatic N) is 5. The maximum absolute atomic E-state index is 12.9. The largest absolute Gasteiger partial charge is 0.379 e. The van der Waals surface area contributed by atoms with Crippen molar-refractivity contribution in [2.45, 2.75) is 38.3 Å². The van der Waals surface area contributed by atoms with Gasteiger partial charge >= 0.3 is 0 Å². The highest BCUT2D eigenvalue weighted by molar-refractivity contribution is 5.92. The highest BCUT2D eigenvalue weighted by Crippen LogP contribution is 2.31. The molecular formula is C20H31N5O2. The van der Waals surface area contributed by atoms with Crippen molar-refractivity contribution in [2.75, 3.05) is 52.5 Å². The number of hydrogen-bond donors (Lipinski definition) is 0. The van der Waals surface area contributed by atoms with E-state index in [2.05, 4.69) is 33.6 Å². The van der Waals surface area contributed by atoms with Crippen LogP contribution in [0, 0.1) is 5.92 Å². The molecule has 4 aliphatic heterocycles. The Labute approximate surface area is 161 Å². The number of amides is 1. The first-order chi connectivity index (χ1) is 13.0. The summed E-state index contributed by atoms with van der Waals surface area (Å²) in [5.74, 6) is 0.569. The summed E-state index contributed by atoms with van der Waals surface area (Å²) >= 11 is 0. The Balaban J connectivity index is 1.44. The number of morpholine rings is 1. The minimum Gasteiger partial charge on any atom is -0.379 e. The van der Waals surface area contributed by atoms with E-state index in [1.165, 1.54) is 12.8 Å². The van der Waals surface area contributed by atoms with Gasteiger partial charge in [0.15, 0.2) is 0 Å². The lowest BCUT2D eigenvalue weighted by Gasteiger charge is -2.46. The van der Waals surface area contributed by atoms with E-state index in [9.17, 15) is 4.79 Å². The van der Waals surface area contributed by atoms with E-state index in [0.717, 1.165) is 52.5 Å². The van der Waals surface area contributed by atoms with Crippen molar-refractivity contribution in [3.63, 3.8) is 0 Å². The van der Waals surface area contributed by atoms with E-state index < -0.39 is 0 Å². The number of aromatic nitrogens is 2. The highest BCUT2D eigenvalue weighted by atomic mass is 16.5. The number of ether oxygens (including phenoxy) is 1. The van der Waals surface area contributed by atoms with E-state index in [4.69, 9.17) is 4.74 Å².